The molecule has 0 aliphatic heterocycles. The Morgan fingerprint density at radius 2 is 1.82 bits per heavy atom. The van der Waals surface area contributed by atoms with Crippen molar-refractivity contribution in [1.29, 1.82) is 0 Å². The third-order valence-electron chi connectivity index (χ3n) is 1.37. The molecular formula is C8H13F3. The maximum atomic E-state index is 11.8. The second kappa shape index (κ2) is 4.42. The third kappa shape index (κ3) is 5.95. The minimum absolute atomic E-state index is 0.486. The number of rotatable bonds is 3. The fourth-order valence-corrected chi connectivity index (χ4v) is 0.888. The average molecular weight is 166 g/mol. The van der Waals surface area contributed by atoms with E-state index in [4.69, 9.17) is 0 Å². The lowest BCUT2D eigenvalue weighted by Gasteiger charge is -2.07. The zero-order valence-corrected chi connectivity index (χ0v) is 6.83. The summed E-state index contributed by atoms with van der Waals surface area (Å²) in [6.45, 7) is 3.58. The van der Waals surface area contributed by atoms with Gasteiger partial charge in [0.05, 0.1) is 6.42 Å². The van der Waals surface area contributed by atoms with Crippen LogP contribution in [0.5, 0.6) is 0 Å². The Kier molecular flexibility index (Phi) is 4.23. The summed E-state index contributed by atoms with van der Waals surface area (Å²) in [5.74, 6) is 0. The first-order valence-electron chi connectivity index (χ1n) is 3.74. The Balaban J connectivity index is 3.99. The van der Waals surface area contributed by atoms with E-state index in [0.717, 1.165) is 0 Å². The molecule has 0 nitrogen and oxygen atoms in total. The van der Waals surface area contributed by atoms with Gasteiger partial charge in [0.2, 0.25) is 0 Å². The zero-order chi connectivity index (χ0) is 8.91. The Morgan fingerprint density at radius 3 is 2.09 bits per heavy atom. The zero-order valence-electron chi connectivity index (χ0n) is 6.83. The van der Waals surface area contributed by atoms with Crippen LogP contribution in [0.3, 0.4) is 0 Å². The van der Waals surface area contributed by atoms with Crippen molar-refractivity contribution in [3.63, 3.8) is 0 Å². The van der Waals surface area contributed by atoms with Crippen LogP contribution < -0.4 is 0 Å². The summed E-state index contributed by atoms with van der Waals surface area (Å²) >= 11 is 0. The van der Waals surface area contributed by atoms with E-state index in [1.807, 2.05) is 6.92 Å². The molecule has 0 saturated carbocycles. The maximum absolute atomic E-state index is 11.8. The van der Waals surface area contributed by atoms with E-state index in [0.29, 0.717) is 18.4 Å². The minimum atomic E-state index is -4.04. The fraction of sp³-hybridized carbons (Fsp3) is 0.750. The van der Waals surface area contributed by atoms with Gasteiger partial charge in [0.15, 0.2) is 0 Å². The molecule has 0 aromatic carbocycles. The van der Waals surface area contributed by atoms with Crippen LogP contribution in [0, 0.1) is 0 Å². The van der Waals surface area contributed by atoms with Gasteiger partial charge in [-0.25, -0.2) is 0 Å². The van der Waals surface area contributed by atoms with Gasteiger partial charge in [0.25, 0.3) is 0 Å². The summed E-state index contributed by atoms with van der Waals surface area (Å²) in [7, 11) is 0. The Hall–Kier alpha value is -0.470. The topological polar surface area (TPSA) is 0 Å². The van der Waals surface area contributed by atoms with Gasteiger partial charge >= 0.3 is 6.18 Å². The molecule has 0 amide bonds. The Labute approximate surface area is 65.1 Å². The molecule has 11 heavy (non-hydrogen) atoms. The smallest absolute Gasteiger partial charge is 0.171 e. The first kappa shape index (κ1) is 10.5. The van der Waals surface area contributed by atoms with Crippen molar-refractivity contribution < 1.29 is 13.2 Å². The molecule has 0 radical (unpaired) electrons. The first-order valence-corrected chi connectivity index (χ1v) is 3.74. The lowest BCUT2D eigenvalue weighted by Crippen LogP contribution is -2.08. The lowest BCUT2D eigenvalue weighted by molar-refractivity contribution is -0.127. The molecule has 66 valence electrons. The third-order valence-corrected chi connectivity index (χ3v) is 1.37. The highest BCUT2D eigenvalue weighted by Gasteiger charge is 2.27. The fourth-order valence-electron chi connectivity index (χ4n) is 0.888. The van der Waals surface area contributed by atoms with Gasteiger partial charge in [-0.3, -0.25) is 0 Å². The summed E-state index contributed by atoms with van der Waals surface area (Å²) in [6, 6.07) is 0. The van der Waals surface area contributed by atoms with Crippen LogP contribution in [-0.4, -0.2) is 6.18 Å². The summed E-state index contributed by atoms with van der Waals surface area (Å²) in [5.41, 5.74) is 0.486. The number of hydrogen-bond acceptors (Lipinski definition) is 0. The Bertz CT molecular complexity index is 133. The molecule has 0 saturated heterocycles. The highest BCUT2D eigenvalue weighted by atomic mass is 19.4. The van der Waals surface area contributed by atoms with Gasteiger partial charge in [-0.1, -0.05) is 25.5 Å². The van der Waals surface area contributed by atoms with Crippen molar-refractivity contribution in [2.24, 2.45) is 0 Å². The molecule has 0 atom stereocenters. The van der Waals surface area contributed by atoms with Crippen molar-refractivity contribution in [2.45, 2.75) is 39.3 Å². The quantitative estimate of drug-likeness (QED) is 0.561. The lowest BCUT2D eigenvalue weighted by atomic mass is 10.1. The van der Waals surface area contributed by atoms with E-state index in [1.165, 1.54) is 0 Å². The highest BCUT2D eigenvalue weighted by Crippen LogP contribution is 2.25. The number of hydrogen-bond donors (Lipinski definition) is 0. The molecule has 0 N–H and O–H groups in total. The van der Waals surface area contributed by atoms with Crippen LogP contribution in [0.15, 0.2) is 11.6 Å². The molecule has 0 aliphatic carbocycles. The molecule has 0 bridgehead atoms. The first-order chi connectivity index (χ1) is 4.99. The summed E-state index contributed by atoms with van der Waals surface area (Å²) in [6.07, 6.45) is -1.98. The molecule has 0 heterocycles. The van der Waals surface area contributed by atoms with E-state index in [1.54, 1.807) is 13.0 Å². The van der Waals surface area contributed by atoms with Gasteiger partial charge < -0.3 is 0 Å². The van der Waals surface area contributed by atoms with Crippen LogP contribution >= 0.6 is 0 Å². The maximum Gasteiger partial charge on any atom is 0.392 e. The summed E-state index contributed by atoms with van der Waals surface area (Å²) in [5, 5.41) is 0. The number of halogens is 3. The van der Waals surface area contributed by atoms with Gasteiger partial charge in [-0.15, -0.1) is 0 Å². The second-order valence-corrected chi connectivity index (χ2v) is 2.42. The number of alkyl halides is 3. The molecule has 0 aromatic heterocycles. The van der Waals surface area contributed by atoms with Crippen molar-refractivity contribution in [1.82, 2.24) is 0 Å². The summed E-state index contributed by atoms with van der Waals surface area (Å²) in [4.78, 5) is 0. The number of allylic oxidation sites excluding steroid dienone is 2. The van der Waals surface area contributed by atoms with Crippen LogP contribution in [0.1, 0.15) is 33.1 Å². The molecule has 0 unspecified atom stereocenters. The van der Waals surface area contributed by atoms with E-state index < -0.39 is 12.6 Å². The van der Waals surface area contributed by atoms with E-state index >= 15 is 0 Å². The normalized spacial score (nSPS) is 13.7. The molecule has 0 spiro atoms. The molecular weight excluding hydrogens is 153 g/mol. The monoisotopic (exact) mass is 166 g/mol. The molecule has 0 aromatic rings. The van der Waals surface area contributed by atoms with E-state index in [2.05, 4.69) is 0 Å². The van der Waals surface area contributed by atoms with E-state index in [-0.39, 0.29) is 0 Å². The average Bonchev–Trinajstić information content (AvgIpc) is 1.84. The standard InChI is InChI=1S/C8H13F3/c1-3-5-7(4-2)6-8(9,10)11/h5H,3-4,6H2,1-2H3/b7-5+. The van der Waals surface area contributed by atoms with Crippen LogP contribution in [0.2, 0.25) is 0 Å². The van der Waals surface area contributed by atoms with E-state index in [9.17, 15) is 13.2 Å². The minimum Gasteiger partial charge on any atom is -0.171 e. The van der Waals surface area contributed by atoms with Gasteiger partial charge in [0, 0.05) is 0 Å². The van der Waals surface area contributed by atoms with Crippen molar-refractivity contribution in [2.75, 3.05) is 0 Å². The molecule has 0 rings (SSSR count). The highest BCUT2D eigenvalue weighted by molar-refractivity contribution is 5.02. The molecule has 0 fully saturated rings. The predicted molar refractivity (Wildman–Crippen MR) is 39.3 cm³/mol. The van der Waals surface area contributed by atoms with Crippen molar-refractivity contribution >= 4 is 0 Å². The van der Waals surface area contributed by atoms with Gasteiger partial charge in [-0.2, -0.15) is 13.2 Å². The largest absolute Gasteiger partial charge is 0.392 e. The predicted octanol–water partition coefficient (Wildman–Crippen LogP) is 3.69. The Morgan fingerprint density at radius 1 is 1.27 bits per heavy atom. The molecule has 3 heteroatoms. The summed E-state index contributed by atoms with van der Waals surface area (Å²) < 4.78 is 35.3. The van der Waals surface area contributed by atoms with Crippen molar-refractivity contribution in [3.8, 4) is 0 Å². The van der Waals surface area contributed by atoms with Crippen LogP contribution in [0.25, 0.3) is 0 Å². The van der Waals surface area contributed by atoms with Crippen LogP contribution in [0.4, 0.5) is 13.2 Å². The van der Waals surface area contributed by atoms with Crippen LogP contribution in [-0.2, 0) is 0 Å². The SMILES string of the molecule is CC/C=C(\CC)CC(F)(F)F. The molecule has 0 aliphatic rings. The van der Waals surface area contributed by atoms with Gasteiger partial charge in [0.1, 0.15) is 0 Å². The second-order valence-electron chi connectivity index (χ2n) is 2.42. The van der Waals surface area contributed by atoms with Gasteiger partial charge in [-0.05, 0) is 12.8 Å². The van der Waals surface area contributed by atoms with Crippen molar-refractivity contribution in [3.05, 3.63) is 11.6 Å².